The molecule has 2 aromatic rings. The van der Waals surface area contributed by atoms with Crippen LogP contribution in [0.5, 0.6) is 0 Å². The van der Waals surface area contributed by atoms with Gasteiger partial charge in [0.05, 0.1) is 18.4 Å². The van der Waals surface area contributed by atoms with E-state index in [1.165, 1.54) is 11.5 Å². The molecule has 1 atom stereocenters. The Bertz CT molecular complexity index is 549. The van der Waals surface area contributed by atoms with E-state index < -0.39 is 5.54 Å². The summed E-state index contributed by atoms with van der Waals surface area (Å²) in [5, 5.41) is 7.83. The minimum atomic E-state index is -0.794. The lowest BCUT2D eigenvalue weighted by Crippen LogP contribution is -2.40. The second-order valence-electron chi connectivity index (χ2n) is 4.89. The van der Waals surface area contributed by atoms with Gasteiger partial charge in [-0.25, -0.2) is 0 Å². The van der Waals surface area contributed by atoms with Crippen LogP contribution in [0.25, 0.3) is 10.8 Å². The molecule has 0 aliphatic heterocycles. The highest BCUT2D eigenvalue weighted by Crippen LogP contribution is 2.25. The van der Waals surface area contributed by atoms with Crippen LogP contribution in [0.15, 0.2) is 4.52 Å². The topological polar surface area (TPSA) is 100.0 Å². The number of nitrogens with two attached hydrogens (primary N) is 1. The number of hydrogen-bond acceptors (Lipinski definition) is 8. The molecule has 0 fully saturated rings. The summed E-state index contributed by atoms with van der Waals surface area (Å²) in [6, 6.07) is 0. The highest BCUT2D eigenvalue weighted by atomic mass is 32.1. The molecule has 0 saturated carbocycles. The average molecular weight is 283 g/mol. The molecule has 0 aliphatic rings. The Morgan fingerprint density at radius 1 is 1.47 bits per heavy atom. The molecule has 0 radical (unpaired) electrons. The fourth-order valence-corrected chi connectivity index (χ4v) is 1.96. The molecule has 104 valence electrons. The summed E-state index contributed by atoms with van der Waals surface area (Å²) in [6.07, 6.45) is 0.0992. The first kappa shape index (κ1) is 14.0. The molecular formula is C11H17N5O2S. The largest absolute Gasteiger partial charge is 0.376 e. The van der Waals surface area contributed by atoms with Crippen molar-refractivity contribution in [1.82, 2.24) is 19.7 Å². The second-order valence-corrected chi connectivity index (χ2v) is 5.64. The smallest absolute Gasteiger partial charge is 0.271 e. The van der Waals surface area contributed by atoms with E-state index in [4.69, 9.17) is 15.0 Å². The molecule has 2 rings (SSSR count). The molecule has 7 nitrogen and oxygen atoms in total. The molecule has 19 heavy (non-hydrogen) atoms. The maximum atomic E-state index is 6.15. The predicted molar refractivity (Wildman–Crippen MR) is 70.6 cm³/mol. The standard InChI is InChI=1S/C11H17N5O2S/c1-6(2)17-5-11(4,12)10-13-9(18-15-10)8-7(3)14-16-19-8/h6H,5,12H2,1-4H3. The SMILES string of the molecule is Cc1nnsc1-c1nc(C(C)(N)COC(C)C)no1. The van der Waals surface area contributed by atoms with Crippen molar-refractivity contribution in [2.75, 3.05) is 6.61 Å². The van der Waals surface area contributed by atoms with E-state index >= 15 is 0 Å². The molecule has 0 saturated heterocycles. The van der Waals surface area contributed by atoms with Crippen molar-refractivity contribution in [2.24, 2.45) is 5.73 Å². The van der Waals surface area contributed by atoms with Crippen LogP contribution in [0.4, 0.5) is 0 Å². The lowest BCUT2D eigenvalue weighted by Gasteiger charge is -2.21. The van der Waals surface area contributed by atoms with Crippen LogP contribution in [0.1, 0.15) is 32.3 Å². The predicted octanol–water partition coefficient (Wildman–Crippen LogP) is 1.50. The number of rotatable bonds is 5. The zero-order chi connectivity index (χ0) is 14.0. The van der Waals surface area contributed by atoms with Gasteiger partial charge in [-0.1, -0.05) is 9.64 Å². The Labute approximate surface area is 115 Å². The Morgan fingerprint density at radius 3 is 2.79 bits per heavy atom. The molecule has 2 N–H and O–H groups in total. The minimum Gasteiger partial charge on any atom is -0.376 e. The summed E-state index contributed by atoms with van der Waals surface area (Å²) in [5.74, 6) is 0.805. The van der Waals surface area contributed by atoms with Crippen LogP contribution in [0.3, 0.4) is 0 Å². The Hall–Kier alpha value is -1.38. The number of ether oxygens (including phenoxy) is 1. The van der Waals surface area contributed by atoms with Crippen LogP contribution in [0.2, 0.25) is 0 Å². The van der Waals surface area contributed by atoms with Gasteiger partial charge >= 0.3 is 0 Å². The zero-order valence-corrected chi connectivity index (χ0v) is 12.2. The Morgan fingerprint density at radius 2 is 2.21 bits per heavy atom. The lowest BCUT2D eigenvalue weighted by molar-refractivity contribution is 0.0410. The van der Waals surface area contributed by atoms with E-state index in [-0.39, 0.29) is 6.10 Å². The number of aromatic nitrogens is 4. The summed E-state index contributed by atoms with van der Waals surface area (Å²) in [7, 11) is 0. The molecule has 0 aliphatic carbocycles. The molecule has 0 spiro atoms. The number of nitrogens with zero attached hydrogens (tertiary/aromatic N) is 4. The summed E-state index contributed by atoms with van der Waals surface area (Å²) in [4.78, 5) is 5.07. The van der Waals surface area contributed by atoms with E-state index in [0.29, 0.717) is 18.3 Å². The highest BCUT2D eigenvalue weighted by molar-refractivity contribution is 7.09. The van der Waals surface area contributed by atoms with Gasteiger partial charge < -0.3 is 15.0 Å². The molecule has 2 aromatic heterocycles. The molecule has 0 bridgehead atoms. The van der Waals surface area contributed by atoms with Crippen LogP contribution in [-0.2, 0) is 10.3 Å². The van der Waals surface area contributed by atoms with Gasteiger partial charge in [-0.3, -0.25) is 0 Å². The molecule has 0 amide bonds. The number of aryl methyl sites for hydroxylation is 1. The molecule has 1 unspecified atom stereocenters. The third-order valence-electron chi connectivity index (χ3n) is 2.50. The normalized spacial score (nSPS) is 14.8. The Balaban J connectivity index is 2.19. The fourth-order valence-electron chi connectivity index (χ4n) is 1.38. The van der Waals surface area contributed by atoms with Crippen molar-refractivity contribution >= 4 is 11.5 Å². The third-order valence-corrected chi connectivity index (χ3v) is 3.32. The van der Waals surface area contributed by atoms with Gasteiger partial charge in [0.1, 0.15) is 10.4 Å². The van der Waals surface area contributed by atoms with Crippen LogP contribution in [0, 0.1) is 6.92 Å². The molecule has 8 heteroatoms. The van der Waals surface area contributed by atoms with Gasteiger partial charge in [0.2, 0.25) is 0 Å². The van der Waals surface area contributed by atoms with Crippen molar-refractivity contribution < 1.29 is 9.26 Å². The van der Waals surface area contributed by atoms with Crippen molar-refractivity contribution in [3.63, 3.8) is 0 Å². The first-order valence-corrected chi connectivity index (χ1v) is 6.71. The van der Waals surface area contributed by atoms with Gasteiger partial charge in [-0.15, -0.1) is 5.10 Å². The van der Waals surface area contributed by atoms with Gasteiger partial charge in [-0.05, 0) is 39.2 Å². The van der Waals surface area contributed by atoms with Crippen molar-refractivity contribution in [1.29, 1.82) is 0 Å². The van der Waals surface area contributed by atoms with E-state index in [9.17, 15) is 0 Å². The second kappa shape index (κ2) is 5.32. The van der Waals surface area contributed by atoms with Gasteiger partial charge in [0.15, 0.2) is 5.82 Å². The van der Waals surface area contributed by atoms with Crippen LogP contribution < -0.4 is 5.73 Å². The summed E-state index contributed by atoms with van der Waals surface area (Å²) in [5.41, 5.74) is 6.12. The maximum Gasteiger partial charge on any atom is 0.271 e. The van der Waals surface area contributed by atoms with E-state index in [1.54, 1.807) is 0 Å². The third kappa shape index (κ3) is 3.14. The van der Waals surface area contributed by atoms with E-state index in [2.05, 4.69) is 19.7 Å². The molecule has 2 heterocycles. The van der Waals surface area contributed by atoms with Gasteiger partial charge in [0, 0.05) is 0 Å². The highest BCUT2D eigenvalue weighted by Gasteiger charge is 2.29. The summed E-state index contributed by atoms with van der Waals surface area (Å²) < 4.78 is 14.6. The molecular weight excluding hydrogens is 266 g/mol. The lowest BCUT2D eigenvalue weighted by atomic mass is 10.1. The first-order valence-electron chi connectivity index (χ1n) is 5.94. The minimum absolute atomic E-state index is 0.0992. The number of hydrogen-bond donors (Lipinski definition) is 1. The fraction of sp³-hybridized carbons (Fsp3) is 0.636. The zero-order valence-electron chi connectivity index (χ0n) is 11.4. The van der Waals surface area contributed by atoms with Crippen LogP contribution in [-0.4, -0.2) is 32.4 Å². The van der Waals surface area contributed by atoms with E-state index in [0.717, 1.165) is 10.6 Å². The molecule has 0 aromatic carbocycles. The monoisotopic (exact) mass is 283 g/mol. The maximum absolute atomic E-state index is 6.15. The van der Waals surface area contributed by atoms with Gasteiger partial charge in [-0.2, -0.15) is 4.98 Å². The van der Waals surface area contributed by atoms with E-state index in [1.807, 2.05) is 27.7 Å². The summed E-state index contributed by atoms with van der Waals surface area (Å²) in [6.45, 7) is 7.87. The van der Waals surface area contributed by atoms with Crippen molar-refractivity contribution in [3.05, 3.63) is 11.5 Å². The quantitative estimate of drug-likeness (QED) is 0.887. The summed E-state index contributed by atoms with van der Waals surface area (Å²) >= 11 is 1.22. The van der Waals surface area contributed by atoms with Crippen LogP contribution >= 0.6 is 11.5 Å². The average Bonchev–Trinajstić information content (AvgIpc) is 2.94. The first-order chi connectivity index (χ1) is 8.90. The van der Waals surface area contributed by atoms with Crippen molar-refractivity contribution in [3.8, 4) is 10.8 Å². The van der Waals surface area contributed by atoms with Crippen molar-refractivity contribution in [2.45, 2.75) is 39.3 Å². The Kier molecular flexibility index (Phi) is 3.93. The van der Waals surface area contributed by atoms with Gasteiger partial charge in [0.25, 0.3) is 5.89 Å².